The fourth-order valence-electron chi connectivity index (χ4n) is 1.85. The van der Waals surface area contributed by atoms with Crippen LogP contribution in [-0.2, 0) is 11.3 Å². The van der Waals surface area contributed by atoms with E-state index < -0.39 is 12.2 Å². The highest BCUT2D eigenvalue weighted by Gasteiger charge is 2.18. The number of aromatic nitrogens is 2. The van der Waals surface area contributed by atoms with E-state index >= 15 is 0 Å². The Morgan fingerprint density at radius 3 is 2.88 bits per heavy atom. The van der Waals surface area contributed by atoms with Crippen molar-refractivity contribution in [2.45, 2.75) is 32.4 Å². The molecule has 0 radical (unpaired) electrons. The van der Waals surface area contributed by atoms with Crippen molar-refractivity contribution in [3.8, 4) is 0 Å². The van der Waals surface area contributed by atoms with Crippen molar-refractivity contribution in [1.82, 2.24) is 15.1 Å². The molecule has 17 heavy (non-hydrogen) atoms. The van der Waals surface area contributed by atoms with Crippen LogP contribution in [0.4, 0.5) is 4.79 Å². The Labute approximate surface area is 104 Å². The lowest BCUT2D eigenvalue weighted by Gasteiger charge is -2.11. The predicted octanol–water partition coefficient (Wildman–Crippen LogP) is 1.29. The minimum atomic E-state index is -0.784. The monoisotopic (exact) mass is 256 g/mol. The van der Waals surface area contributed by atoms with Gasteiger partial charge in [0.2, 0.25) is 0 Å². The van der Waals surface area contributed by atoms with E-state index in [1.165, 1.54) is 24.2 Å². The van der Waals surface area contributed by atoms with Crippen LogP contribution in [-0.4, -0.2) is 34.3 Å². The van der Waals surface area contributed by atoms with Crippen molar-refractivity contribution in [3.63, 3.8) is 0 Å². The molecule has 0 aromatic carbocycles. The number of primary amides is 1. The van der Waals surface area contributed by atoms with Gasteiger partial charge in [0, 0.05) is 0 Å². The smallest absolute Gasteiger partial charge is 0.405 e. The van der Waals surface area contributed by atoms with Crippen LogP contribution in [0.2, 0.25) is 0 Å². The third kappa shape index (κ3) is 3.37. The first-order valence-electron chi connectivity index (χ1n) is 5.66. The molecule has 2 heterocycles. The van der Waals surface area contributed by atoms with E-state index in [9.17, 15) is 4.79 Å². The highest BCUT2D eigenvalue weighted by atomic mass is 32.1. The van der Waals surface area contributed by atoms with Gasteiger partial charge in [-0.1, -0.05) is 11.3 Å². The number of hydrogen-bond acceptors (Lipinski definition) is 6. The first-order chi connectivity index (χ1) is 8.15. The Balaban J connectivity index is 1.92. The summed E-state index contributed by atoms with van der Waals surface area (Å²) in [6.07, 6.45) is 1.31. The van der Waals surface area contributed by atoms with Crippen LogP contribution in [0.5, 0.6) is 0 Å². The van der Waals surface area contributed by atoms with Crippen LogP contribution in [0, 0.1) is 0 Å². The van der Waals surface area contributed by atoms with Gasteiger partial charge in [-0.3, -0.25) is 4.90 Å². The van der Waals surface area contributed by atoms with E-state index in [-0.39, 0.29) is 0 Å². The van der Waals surface area contributed by atoms with Crippen molar-refractivity contribution < 1.29 is 9.53 Å². The van der Waals surface area contributed by atoms with Gasteiger partial charge in [-0.15, -0.1) is 10.2 Å². The minimum Gasteiger partial charge on any atom is -0.439 e. The van der Waals surface area contributed by atoms with Crippen LogP contribution >= 0.6 is 11.3 Å². The molecule has 6 nitrogen and oxygen atoms in total. The molecule has 1 atom stereocenters. The zero-order valence-corrected chi connectivity index (χ0v) is 10.6. The summed E-state index contributed by atoms with van der Waals surface area (Å²) >= 11 is 1.47. The molecule has 1 aliphatic rings. The number of rotatable bonds is 4. The van der Waals surface area contributed by atoms with Gasteiger partial charge in [0.15, 0.2) is 11.1 Å². The Morgan fingerprint density at radius 1 is 1.53 bits per heavy atom. The van der Waals surface area contributed by atoms with E-state index in [1.807, 2.05) is 0 Å². The summed E-state index contributed by atoms with van der Waals surface area (Å²) in [5.74, 6) is 0. The quantitative estimate of drug-likeness (QED) is 0.877. The lowest BCUT2D eigenvalue weighted by atomic mass is 10.4. The Hall–Kier alpha value is -1.21. The summed E-state index contributed by atoms with van der Waals surface area (Å²) in [4.78, 5) is 13.0. The first kappa shape index (κ1) is 12.3. The number of carbonyl (C=O) groups excluding carboxylic acids is 1. The van der Waals surface area contributed by atoms with Gasteiger partial charge < -0.3 is 10.5 Å². The topological polar surface area (TPSA) is 81.3 Å². The van der Waals surface area contributed by atoms with Crippen molar-refractivity contribution in [2.75, 3.05) is 13.1 Å². The van der Waals surface area contributed by atoms with E-state index in [2.05, 4.69) is 15.1 Å². The summed E-state index contributed by atoms with van der Waals surface area (Å²) in [5.41, 5.74) is 4.96. The van der Waals surface area contributed by atoms with Gasteiger partial charge in [-0.25, -0.2) is 4.79 Å². The molecule has 94 valence electrons. The SMILES string of the molecule is CC(OC(N)=O)c1nnc(CN2CCCC2)s1. The molecule has 1 unspecified atom stereocenters. The second-order valence-corrected chi connectivity index (χ2v) is 5.19. The normalized spacial score (nSPS) is 18.2. The molecule has 1 aliphatic heterocycles. The Morgan fingerprint density at radius 2 is 2.24 bits per heavy atom. The third-order valence-corrected chi connectivity index (χ3v) is 3.75. The fourth-order valence-corrected chi connectivity index (χ4v) is 2.72. The lowest BCUT2D eigenvalue weighted by molar-refractivity contribution is 0.116. The van der Waals surface area contributed by atoms with Gasteiger partial charge in [-0.05, 0) is 32.9 Å². The van der Waals surface area contributed by atoms with Crippen LogP contribution in [0.3, 0.4) is 0 Å². The molecule has 1 saturated heterocycles. The number of hydrogen-bond donors (Lipinski definition) is 1. The maximum Gasteiger partial charge on any atom is 0.405 e. The zero-order valence-electron chi connectivity index (χ0n) is 9.76. The molecule has 0 spiro atoms. The highest BCUT2D eigenvalue weighted by molar-refractivity contribution is 7.11. The minimum absolute atomic E-state index is 0.419. The van der Waals surface area contributed by atoms with E-state index in [0.29, 0.717) is 5.01 Å². The summed E-state index contributed by atoms with van der Waals surface area (Å²) in [5, 5.41) is 9.78. The van der Waals surface area contributed by atoms with Gasteiger partial charge >= 0.3 is 6.09 Å². The molecule has 7 heteroatoms. The molecule has 1 aromatic rings. The number of nitrogens with zero attached hydrogens (tertiary/aromatic N) is 3. The number of ether oxygens (including phenoxy) is 1. The molecule has 2 rings (SSSR count). The van der Waals surface area contributed by atoms with Crippen molar-refractivity contribution in [1.29, 1.82) is 0 Å². The maximum atomic E-state index is 10.6. The van der Waals surface area contributed by atoms with Crippen molar-refractivity contribution in [3.05, 3.63) is 10.0 Å². The lowest BCUT2D eigenvalue weighted by Crippen LogP contribution is -2.18. The maximum absolute atomic E-state index is 10.6. The largest absolute Gasteiger partial charge is 0.439 e. The van der Waals surface area contributed by atoms with Crippen LogP contribution in [0.25, 0.3) is 0 Å². The fraction of sp³-hybridized carbons (Fsp3) is 0.700. The van der Waals surface area contributed by atoms with E-state index in [4.69, 9.17) is 10.5 Å². The zero-order chi connectivity index (χ0) is 12.3. The standard InChI is InChI=1S/C10H16N4O2S/c1-7(16-10(11)15)9-13-12-8(17-9)6-14-4-2-3-5-14/h7H,2-6H2,1H3,(H2,11,15). The van der Waals surface area contributed by atoms with E-state index in [0.717, 1.165) is 24.6 Å². The average molecular weight is 256 g/mol. The van der Waals surface area contributed by atoms with Crippen molar-refractivity contribution in [2.24, 2.45) is 5.73 Å². The van der Waals surface area contributed by atoms with Gasteiger partial charge in [0.1, 0.15) is 5.01 Å². The van der Waals surface area contributed by atoms with Gasteiger partial charge in [0.05, 0.1) is 6.54 Å². The highest BCUT2D eigenvalue weighted by Crippen LogP contribution is 2.22. The summed E-state index contributed by atoms with van der Waals surface area (Å²) < 4.78 is 4.85. The molecule has 1 aromatic heterocycles. The summed E-state index contributed by atoms with van der Waals surface area (Å²) in [7, 11) is 0. The van der Waals surface area contributed by atoms with Crippen LogP contribution in [0.15, 0.2) is 0 Å². The summed E-state index contributed by atoms with van der Waals surface area (Å²) in [6.45, 7) is 4.83. The molecule has 0 aliphatic carbocycles. The average Bonchev–Trinajstić information content (AvgIpc) is 2.88. The first-order valence-corrected chi connectivity index (χ1v) is 6.47. The third-order valence-electron chi connectivity index (χ3n) is 2.68. The Bertz CT molecular complexity index is 389. The Kier molecular flexibility index (Phi) is 3.90. The molecular formula is C10H16N4O2S. The van der Waals surface area contributed by atoms with Gasteiger partial charge in [0.25, 0.3) is 0 Å². The molecule has 1 fully saturated rings. The predicted molar refractivity (Wildman–Crippen MR) is 63.5 cm³/mol. The molecular weight excluding hydrogens is 240 g/mol. The van der Waals surface area contributed by atoms with Crippen molar-refractivity contribution >= 4 is 17.4 Å². The van der Waals surface area contributed by atoms with Crippen LogP contribution in [0.1, 0.15) is 35.9 Å². The van der Waals surface area contributed by atoms with Gasteiger partial charge in [-0.2, -0.15) is 0 Å². The summed E-state index contributed by atoms with van der Waals surface area (Å²) in [6, 6.07) is 0. The molecule has 0 bridgehead atoms. The number of carbonyl (C=O) groups is 1. The number of likely N-dealkylation sites (tertiary alicyclic amines) is 1. The van der Waals surface area contributed by atoms with Crippen LogP contribution < -0.4 is 5.73 Å². The molecule has 2 N–H and O–H groups in total. The number of nitrogens with two attached hydrogens (primary N) is 1. The molecule has 0 saturated carbocycles. The second-order valence-electron chi connectivity index (χ2n) is 4.10. The second kappa shape index (κ2) is 5.42. The van der Waals surface area contributed by atoms with E-state index in [1.54, 1.807) is 6.92 Å². The molecule has 1 amide bonds. The number of amides is 1.